The van der Waals surface area contributed by atoms with Crippen LogP contribution < -0.4 is 0 Å². The van der Waals surface area contributed by atoms with Crippen LogP contribution in [-0.2, 0) is 23.7 Å². The summed E-state index contributed by atoms with van der Waals surface area (Å²) >= 11 is 0. The highest BCUT2D eigenvalue weighted by Gasteiger charge is 2.44. The van der Waals surface area contributed by atoms with Gasteiger partial charge in [-0.3, -0.25) is 4.79 Å². The molecule has 6 atom stereocenters. The Labute approximate surface area is 412 Å². The maximum absolute atomic E-state index is 12.9. The first-order valence-electron chi connectivity index (χ1n) is 28.2. The molecular formula is C58H106O9. The molecule has 6 unspecified atom stereocenters. The fourth-order valence-electron chi connectivity index (χ4n) is 8.55. The van der Waals surface area contributed by atoms with Crippen molar-refractivity contribution in [3.8, 4) is 0 Å². The zero-order valence-corrected chi connectivity index (χ0v) is 43.4. The molecule has 9 nitrogen and oxygen atoms in total. The third-order valence-electron chi connectivity index (χ3n) is 13.0. The summed E-state index contributed by atoms with van der Waals surface area (Å²) in [7, 11) is 0. The van der Waals surface area contributed by atoms with Gasteiger partial charge in [0.1, 0.15) is 30.5 Å². The van der Waals surface area contributed by atoms with Gasteiger partial charge in [0.15, 0.2) is 6.29 Å². The standard InChI is InChI=1S/C58H106O9/c1-3-5-7-9-11-13-15-17-19-21-23-24-25-26-27-28-29-31-33-35-37-39-41-43-45-47-54(60)66-52(51-65-58-57(63)56(62)55(61)53(49-59)67-58)50-64-48-46-44-42-40-38-36-34-32-30-22-20-18-16-14-12-10-8-6-4-2/h15,17,20-23,25-26,52-53,55-59,61-63H,3-14,16,18-19,24,27-51H2,1-2H3/b17-15-,22-20-,23-21-,26-25-. The number of carbonyl (C=O) groups excluding carboxylic acids is 1. The molecule has 0 aromatic heterocycles. The van der Waals surface area contributed by atoms with Gasteiger partial charge in [-0.15, -0.1) is 0 Å². The van der Waals surface area contributed by atoms with Crippen molar-refractivity contribution in [3.63, 3.8) is 0 Å². The number of unbranched alkanes of at least 4 members (excludes halogenated alkanes) is 30. The Hall–Kier alpha value is -1.85. The first kappa shape index (κ1) is 63.2. The summed E-state index contributed by atoms with van der Waals surface area (Å²) in [6.45, 7) is 4.57. The molecule has 1 aliphatic heterocycles. The van der Waals surface area contributed by atoms with E-state index in [0.29, 0.717) is 13.0 Å². The topological polar surface area (TPSA) is 135 Å². The summed E-state index contributed by atoms with van der Waals surface area (Å²) in [5, 5.41) is 40.3. The van der Waals surface area contributed by atoms with E-state index in [0.717, 1.165) is 44.9 Å². The summed E-state index contributed by atoms with van der Waals surface area (Å²) in [5.74, 6) is -0.316. The highest BCUT2D eigenvalue weighted by Crippen LogP contribution is 2.23. The lowest BCUT2D eigenvalue weighted by molar-refractivity contribution is -0.305. The van der Waals surface area contributed by atoms with E-state index in [1.54, 1.807) is 0 Å². The highest BCUT2D eigenvalue weighted by molar-refractivity contribution is 5.69. The van der Waals surface area contributed by atoms with Gasteiger partial charge >= 0.3 is 5.97 Å². The average molecular weight is 947 g/mol. The van der Waals surface area contributed by atoms with Gasteiger partial charge in [0, 0.05) is 13.0 Å². The summed E-state index contributed by atoms with van der Waals surface area (Å²) in [6, 6.07) is 0. The molecule has 0 saturated carbocycles. The summed E-state index contributed by atoms with van der Waals surface area (Å²) in [6.07, 6.45) is 55.8. The third kappa shape index (κ3) is 39.6. The number of carbonyl (C=O) groups is 1. The Morgan fingerprint density at radius 3 is 1.31 bits per heavy atom. The number of aliphatic hydroxyl groups is 4. The molecule has 0 radical (unpaired) electrons. The van der Waals surface area contributed by atoms with Gasteiger partial charge in [-0.05, 0) is 77.0 Å². The van der Waals surface area contributed by atoms with Crippen molar-refractivity contribution in [1.82, 2.24) is 0 Å². The second-order valence-corrected chi connectivity index (χ2v) is 19.4. The van der Waals surface area contributed by atoms with Crippen LogP contribution in [0.4, 0.5) is 0 Å². The zero-order valence-electron chi connectivity index (χ0n) is 43.4. The lowest BCUT2D eigenvalue weighted by Gasteiger charge is -2.39. The van der Waals surface area contributed by atoms with Crippen LogP contribution in [0.5, 0.6) is 0 Å². The molecule has 1 heterocycles. The van der Waals surface area contributed by atoms with Crippen LogP contribution in [0.2, 0.25) is 0 Å². The van der Waals surface area contributed by atoms with Gasteiger partial charge in [0.05, 0.1) is 19.8 Å². The third-order valence-corrected chi connectivity index (χ3v) is 13.0. The second-order valence-electron chi connectivity index (χ2n) is 19.4. The van der Waals surface area contributed by atoms with Gasteiger partial charge in [-0.1, -0.05) is 217 Å². The van der Waals surface area contributed by atoms with Gasteiger partial charge in [0.25, 0.3) is 0 Å². The van der Waals surface area contributed by atoms with Gasteiger partial charge in [0.2, 0.25) is 0 Å². The Morgan fingerprint density at radius 1 is 0.478 bits per heavy atom. The van der Waals surface area contributed by atoms with Crippen LogP contribution >= 0.6 is 0 Å². The first-order valence-corrected chi connectivity index (χ1v) is 28.2. The van der Waals surface area contributed by atoms with Crippen LogP contribution in [0.3, 0.4) is 0 Å². The van der Waals surface area contributed by atoms with Crippen molar-refractivity contribution < 1.29 is 44.2 Å². The van der Waals surface area contributed by atoms with Crippen molar-refractivity contribution in [2.24, 2.45) is 0 Å². The minimum Gasteiger partial charge on any atom is -0.457 e. The maximum atomic E-state index is 12.9. The van der Waals surface area contributed by atoms with E-state index in [1.165, 1.54) is 186 Å². The largest absolute Gasteiger partial charge is 0.457 e. The summed E-state index contributed by atoms with van der Waals surface area (Å²) in [5.41, 5.74) is 0. The Kier molecular flexibility index (Phi) is 46.3. The van der Waals surface area contributed by atoms with Crippen molar-refractivity contribution >= 4 is 5.97 Å². The van der Waals surface area contributed by atoms with Gasteiger partial charge < -0.3 is 39.4 Å². The van der Waals surface area contributed by atoms with Crippen molar-refractivity contribution in [2.45, 2.75) is 288 Å². The molecule has 67 heavy (non-hydrogen) atoms. The highest BCUT2D eigenvalue weighted by atomic mass is 16.7. The number of hydrogen-bond donors (Lipinski definition) is 4. The van der Waals surface area contributed by atoms with Crippen LogP contribution in [0.15, 0.2) is 48.6 Å². The van der Waals surface area contributed by atoms with E-state index in [2.05, 4.69) is 62.5 Å². The maximum Gasteiger partial charge on any atom is 0.306 e. The molecule has 0 amide bonds. The molecule has 4 N–H and O–H groups in total. The van der Waals surface area contributed by atoms with Gasteiger partial charge in [-0.25, -0.2) is 0 Å². The predicted octanol–water partition coefficient (Wildman–Crippen LogP) is 14.4. The monoisotopic (exact) mass is 947 g/mol. The minimum atomic E-state index is -1.54. The van der Waals surface area contributed by atoms with E-state index in [4.69, 9.17) is 18.9 Å². The molecule has 1 saturated heterocycles. The van der Waals surface area contributed by atoms with E-state index < -0.39 is 43.4 Å². The molecule has 392 valence electrons. The van der Waals surface area contributed by atoms with E-state index >= 15 is 0 Å². The van der Waals surface area contributed by atoms with E-state index in [-0.39, 0.29) is 19.2 Å². The molecule has 0 spiro atoms. The lowest BCUT2D eigenvalue weighted by Crippen LogP contribution is -2.59. The molecule has 0 bridgehead atoms. The van der Waals surface area contributed by atoms with E-state index in [1.807, 2.05) is 0 Å². The predicted molar refractivity (Wildman–Crippen MR) is 279 cm³/mol. The van der Waals surface area contributed by atoms with Crippen LogP contribution in [0.25, 0.3) is 0 Å². The fourth-order valence-corrected chi connectivity index (χ4v) is 8.55. The molecular weight excluding hydrogens is 841 g/mol. The number of ether oxygens (including phenoxy) is 4. The van der Waals surface area contributed by atoms with Gasteiger partial charge in [-0.2, -0.15) is 0 Å². The van der Waals surface area contributed by atoms with Crippen LogP contribution in [0.1, 0.15) is 251 Å². The summed E-state index contributed by atoms with van der Waals surface area (Å²) < 4.78 is 23.0. The zero-order chi connectivity index (χ0) is 48.5. The van der Waals surface area contributed by atoms with Crippen molar-refractivity contribution in [2.75, 3.05) is 26.4 Å². The molecule has 1 rings (SSSR count). The Morgan fingerprint density at radius 2 is 0.866 bits per heavy atom. The molecule has 0 aromatic carbocycles. The van der Waals surface area contributed by atoms with Crippen LogP contribution in [0, 0.1) is 0 Å². The Balaban J connectivity index is 2.17. The normalized spacial score (nSPS) is 19.5. The number of allylic oxidation sites excluding steroid dienone is 8. The number of rotatable bonds is 49. The molecule has 9 heteroatoms. The molecule has 1 fully saturated rings. The number of hydrogen-bond acceptors (Lipinski definition) is 9. The molecule has 1 aliphatic rings. The quantitative estimate of drug-likeness (QED) is 0.0267. The van der Waals surface area contributed by atoms with Crippen molar-refractivity contribution in [1.29, 1.82) is 0 Å². The SMILES string of the molecule is CCCCCCC/C=C\C/C=C\C/C=C\CCCCCCCCCCCCC(=O)OC(COCCCCCCCCCC/C=C\CCCCCCCCC)COC1OC(CO)C(O)C(O)C1O. The minimum absolute atomic E-state index is 0.116. The molecule has 0 aromatic rings. The average Bonchev–Trinajstić information content (AvgIpc) is 3.33. The van der Waals surface area contributed by atoms with Crippen molar-refractivity contribution in [3.05, 3.63) is 48.6 Å². The summed E-state index contributed by atoms with van der Waals surface area (Å²) in [4.78, 5) is 12.9. The fraction of sp³-hybridized carbons (Fsp3) is 0.845. The molecule has 0 aliphatic carbocycles. The van der Waals surface area contributed by atoms with Crippen LogP contribution in [-0.4, -0.2) is 89.6 Å². The second kappa shape index (κ2) is 49.1. The smallest absolute Gasteiger partial charge is 0.306 e. The first-order chi connectivity index (χ1) is 32.9. The lowest BCUT2D eigenvalue weighted by atomic mass is 9.99. The van der Waals surface area contributed by atoms with E-state index in [9.17, 15) is 25.2 Å². The number of aliphatic hydroxyl groups excluding tert-OH is 4. The Bertz CT molecular complexity index is 1170. The number of esters is 1.